The molecule has 1 aliphatic rings. The largest absolute Gasteiger partial charge is 0.481 e. The Kier molecular flexibility index (Phi) is 6.49. The molecule has 0 aromatic rings. The van der Waals surface area contributed by atoms with E-state index in [4.69, 9.17) is 5.11 Å². The molecule has 1 aliphatic carbocycles. The molecule has 0 atom stereocenters. The topological polar surface area (TPSA) is 86.6 Å². The highest BCUT2D eigenvalue weighted by Gasteiger charge is 2.31. The van der Waals surface area contributed by atoms with Crippen molar-refractivity contribution in [2.45, 2.75) is 32.1 Å². The Morgan fingerprint density at radius 2 is 1.83 bits per heavy atom. The van der Waals surface area contributed by atoms with Crippen LogP contribution in [0.3, 0.4) is 0 Å². The lowest BCUT2D eigenvalue weighted by molar-refractivity contribution is -0.133. The van der Waals surface area contributed by atoms with Gasteiger partial charge in [-0.25, -0.2) is 0 Å². The molecule has 5 nitrogen and oxygen atoms in total. The van der Waals surface area contributed by atoms with Gasteiger partial charge >= 0.3 is 5.97 Å². The third-order valence-corrected chi connectivity index (χ3v) is 4.29. The van der Waals surface area contributed by atoms with Crippen molar-refractivity contribution in [3.63, 3.8) is 0 Å². The number of nitrogens with one attached hydrogen (secondary N) is 1. The third kappa shape index (κ3) is 5.27. The zero-order chi connectivity index (χ0) is 13.4. The number of aliphatic hydroxyl groups is 1. The molecule has 0 aromatic carbocycles. The molecule has 1 fully saturated rings. The Morgan fingerprint density at radius 3 is 2.39 bits per heavy atom. The molecule has 0 heterocycles. The first kappa shape index (κ1) is 15.3. The molecule has 0 aliphatic heterocycles. The Morgan fingerprint density at radius 1 is 1.17 bits per heavy atom. The summed E-state index contributed by atoms with van der Waals surface area (Å²) < 4.78 is 0. The monoisotopic (exact) mass is 275 g/mol. The van der Waals surface area contributed by atoms with Crippen LogP contribution in [0.2, 0.25) is 0 Å². The molecule has 0 unspecified atom stereocenters. The summed E-state index contributed by atoms with van der Waals surface area (Å²) in [6.45, 7) is 0.603. The van der Waals surface area contributed by atoms with E-state index in [-0.39, 0.29) is 29.4 Å². The number of carbonyl (C=O) groups excluding carboxylic acids is 1. The van der Waals surface area contributed by atoms with Crippen LogP contribution in [0.25, 0.3) is 0 Å². The minimum Gasteiger partial charge on any atom is -0.481 e. The molecule has 0 spiro atoms. The molecule has 3 N–H and O–H groups in total. The number of rotatable bonds is 7. The normalized spacial score (nSPS) is 18.3. The van der Waals surface area contributed by atoms with E-state index in [1.54, 1.807) is 0 Å². The van der Waals surface area contributed by atoms with E-state index in [2.05, 4.69) is 5.32 Å². The van der Waals surface area contributed by atoms with Crippen LogP contribution < -0.4 is 5.32 Å². The molecule has 1 amide bonds. The maximum atomic E-state index is 11.5. The Labute approximate surface area is 111 Å². The number of carbonyl (C=O) groups is 2. The van der Waals surface area contributed by atoms with Crippen LogP contribution in [0.15, 0.2) is 0 Å². The maximum absolute atomic E-state index is 11.5. The second-order valence-corrected chi connectivity index (χ2v) is 5.87. The van der Waals surface area contributed by atoms with Crippen LogP contribution >= 0.6 is 11.8 Å². The van der Waals surface area contributed by atoms with E-state index in [9.17, 15) is 14.7 Å². The Balaban J connectivity index is 2.25. The molecule has 1 saturated carbocycles. The van der Waals surface area contributed by atoms with Gasteiger partial charge in [-0.1, -0.05) is 19.3 Å². The maximum Gasteiger partial charge on any atom is 0.313 e. The molecule has 104 valence electrons. The summed E-state index contributed by atoms with van der Waals surface area (Å²) in [6.07, 6.45) is 5.30. The van der Waals surface area contributed by atoms with Crippen molar-refractivity contribution in [2.24, 2.45) is 5.41 Å². The van der Waals surface area contributed by atoms with Crippen LogP contribution in [0, 0.1) is 5.41 Å². The van der Waals surface area contributed by atoms with Crippen molar-refractivity contribution in [1.29, 1.82) is 0 Å². The second kappa shape index (κ2) is 7.63. The van der Waals surface area contributed by atoms with Gasteiger partial charge in [-0.15, -0.1) is 11.8 Å². The predicted octanol–water partition coefficient (Wildman–Crippen LogP) is 0.863. The summed E-state index contributed by atoms with van der Waals surface area (Å²) in [4.78, 5) is 21.8. The van der Waals surface area contributed by atoms with Gasteiger partial charge in [-0.05, 0) is 12.8 Å². The first-order chi connectivity index (χ1) is 8.58. The van der Waals surface area contributed by atoms with Crippen LogP contribution in [-0.4, -0.2) is 46.7 Å². The van der Waals surface area contributed by atoms with Gasteiger partial charge in [0.2, 0.25) is 5.91 Å². The molecular formula is C12H21NO4S. The summed E-state index contributed by atoms with van der Waals surface area (Å²) in [5.74, 6) is -0.960. The lowest BCUT2D eigenvalue weighted by Gasteiger charge is -2.35. The number of aliphatic hydroxyl groups excluding tert-OH is 1. The molecule has 0 radical (unpaired) electrons. The van der Waals surface area contributed by atoms with Gasteiger partial charge in [0, 0.05) is 12.0 Å². The van der Waals surface area contributed by atoms with Crippen molar-refractivity contribution >= 4 is 23.6 Å². The Hall–Kier alpha value is -0.750. The first-order valence-electron chi connectivity index (χ1n) is 6.25. The van der Waals surface area contributed by atoms with Crippen LogP contribution in [0.5, 0.6) is 0 Å². The van der Waals surface area contributed by atoms with Gasteiger partial charge in [0.25, 0.3) is 0 Å². The Bertz CT molecular complexity index is 290. The minimum atomic E-state index is -0.910. The molecular weight excluding hydrogens is 254 g/mol. The number of amides is 1. The van der Waals surface area contributed by atoms with Crippen molar-refractivity contribution in [2.75, 3.05) is 24.7 Å². The van der Waals surface area contributed by atoms with E-state index in [0.717, 1.165) is 37.4 Å². The molecule has 1 rings (SSSR count). The lowest BCUT2D eigenvalue weighted by atomic mass is 9.74. The fourth-order valence-electron chi connectivity index (χ4n) is 2.26. The van der Waals surface area contributed by atoms with Crippen molar-refractivity contribution < 1.29 is 19.8 Å². The molecule has 18 heavy (non-hydrogen) atoms. The smallest absolute Gasteiger partial charge is 0.313 e. The summed E-state index contributed by atoms with van der Waals surface area (Å²) in [5.41, 5.74) is -0.161. The quantitative estimate of drug-likeness (QED) is 0.641. The minimum absolute atomic E-state index is 0.0570. The fourth-order valence-corrected chi connectivity index (χ4v) is 2.82. The van der Waals surface area contributed by atoms with Gasteiger partial charge in [0.1, 0.15) is 0 Å². The van der Waals surface area contributed by atoms with E-state index >= 15 is 0 Å². The van der Waals surface area contributed by atoms with E-state index in [1.807, 2.05) is 0 Å². The SMILES string of the molecule is O=C(O)CSCC(=O)NCC1(CO)CCCCC1. The number of thioether (sulfide) groups is 1. The van der Waals surface area contributed by atoms with Crippen molar-refractivity contribution in [1.82, 2.24) is 5.32 Å². The van der Waals surface area contributed by atoms with Crippen molar-refractivity contribution in [3.05, 3.63) is 0 Å². The highest BCUT2D eigenvalue weighted by atomic mass is 32.2. The number of carboxylic acid groups (broad SMARTS) is 1. The van der Waals surface area contributed by atoms with Crippen LogP contribution in [0.4, 0.5) is 0 Å². The van der Waals surface area contributed by atoms with E-state index in [0.29, 0.717) is 6.54 Å². The van der Waals surface area contributed by atoms with Crippen molar-refractivity contribution in [3.8, 4) is 0 Å². The molecule has 0 bridgehead atoms. The summed E-state index contributed by atoms with van der Waals surface area (Å²) in [7, 11) is 0. The second-order valence-electron chi connectivity index (χ2n) is 4.88. The zero-order valence-electron chi connectivity index (χ0n) is 10.5. The average Bonchev–Trinajstić information content (AvgIpc) is 2.37. The summed E-state index contributed by atoms with van der Waals surface area (Å²) in [6, 6.07) is 0. The lowest BCUT2D eigenvalue weighted by Crippen LogP contribution is -2.42. The van der Waals surface area contributed by atoms with Gasteiger partial charge in [-0.2, -0.15) is 0 Å². The molecule has 0 aromatic heterocycles. The highest BCUT2D eigenvalue weighted by molar-refractivity contribution is 8.00. The zero-order valence-corrected chi connectivity index (χ0v) is 11.3. The highest BCUT2D eigenvalue weighted by Crippen LogP contribution is 2.35. The van der Waals surface area contributed by atoms with Gasteiger partial charge in [0.15, 0.2) is 0 Å². The third-order valence-electron chi connectivity index (χ3n) is 3.37. The standard InChI is InChI=1S/C12H21NO4S/c14-9-12(4-2-1-3-5-12)8-13-10(15)6-18-7-11(16)17/h14H,1-9H2,(H,13,15)(H,16,17). The first-order valence-corrected chi connectivity index (χ1v) is 7.41. The number of carboxylic acids is 1. The number of aliphatic carboxylic acids is 1. The van der Waals surface area contributed by atoms with E-state index < -0.39 is 5.97 Å². The van der Waals surface area contributed by atoms with Gasteiger partial charge < -0.3 is 15.5 Å². The predicted molar refractivity (Wildman–Crippen MR) is 70.6 cm³/mol. The average molecular weight is 275 g/mol. The number of hydrogen-bond acceptors (Lipinski definition) is 4. The van der Waals surface area contributed by atoms with Crippen LogP contribution in [0.1, 0.15) is 32.1 Å². The summed E-state index contributed by atoms with van der Waals surface area (Å²) in [5, 5.41) is 20.7. The van der Waals surface area contributed by atoms with Gasteiger partial charge in [-0.3, -0.25) is 9.59 Å². The fraction of sp³-hybridized carbons (Fsp3) is 0.833. The van der Waals surface area contributed by atoms with E-state index in [1.165, 1.54) is 6.42 Å². The molecule has 6 heteroatoms. The number of hydrogen-bond donors (Lipinski definition) is 3. The van der Waals surface area contributed by atoms with Crippen LogP contribution in [-0.2, 0) is 9.59 Å². The summed E-state index contributed by atoms with van der Waals surface area (Å²) >= 11 is 1.09. The van der Waals surface area contributed by atoms with Gasteiger partial charge in [0.05, 0.1) is 18.1 Å². The molecule has 0 saturated heterocycles.